The molecule has 0 radical (unpaired) electrons. The van der Waals surface area contributed by atoms with Gasteiger partial charge in [0.2, 0.25) is 0 Å². The standard InChI is InChI=1S/C21H21N7O/c22-9-12-13-10-24-21(29)18(13)19(14-11-25-28-8-4-3-7-17(14)28)27-20(12)26-16-6-2-1-5-15(16)23/h3-4,7-8,11,15-16H,1-2,5-6,10,23H2,(H,24,29)(H,26,27)/t15-,16+/m0/s1. The second-order valence-corrected chi connectivity index (χ2v) is 7.62. The molecule has 1 saturated carbocycles. The number of anilines is 1. The van der Waals surface area contributed by atoms with E-state index in [9.17, 15) is 10.1 Å². The van der Waals surface area contributed by atoms with Crippen LogP contribution in [0.1, 0.15) is 47.2 Å². The first-order valence-corrected chi connectivity index (χ1v) is 9.87. The van der Waals surface area contributed by atoms with Crippen molar-refractivity contribution in [2.24, 2.45) is 5.73 Å². The lowest BCUT2D eigenvalue weighted by Gasteiger charge is -2.30. The molecule has 29 heavy (non-hydrogen) atoms. The Kier molecular flexibility index (Phi) is 4.18. The van der Waals surface area contributed by atoms with E-state index in [1.54, 1.807) is 10.7 Å². The second kappa shape index (κ2) is 6.87. The van der Waals surface area contributed by atoms with Crippen LogP contribution in [0.25, 0.3) is 16.8 Å². The minimum Gasteiger partial charge on any atom is -0.365 e. The molecule has 0 spiro atoms. The number of hydrogen-bond acceptors (Lipinski definition) is 6. The van der Waals surface area contributed by atoms with Gasteiger partial charge in [0.05, 0.1) is 23.0 Å². The van der Waals surface area contributed by atoms with E-state index in [1.807, 2.05) is 24.4 Å². The second-order valence-electron chi connectivity index (χ2n) is 7.62. The number of nitrogens with zero attached hydrogens (tertiary/aromatic N) is 4. The summed E-state index contributed by atoms with van der Waals surface area (Å²) in [6.45, 7) is 0.317. The fourth-order valence-corrected chi connectivity index (χ4v) is 4.36. The van der Waals surface area contributed by atoms with Gasteiger partial charge in [-0.3, -0.25) is 4.79 Å². The Morgan fingerprint density at radius 1 is 1.31 bits per heavy atom. The van der Waals surface area contributed by atoms with Crippen LogP contribution < -0.4 is 16.4 Å². The van der Waals surface area contributed by atoms with E-state index in [-0.39, 0.29) is 18.0 Å². The maximum atomic E-state index is 12.6. The van der Waals surface area contributed by atoms with Gasteiger partial charge in [-0.2, -0.15) is 10.4 Å². The summed E-state index contributed by atoms with van der Waals surface area (Å²) >= 11 is 0. The van der Waals surface area contributed by atoms with Crippen molar-refractivity contribution < 1.29 is 4.79 Å². The van der Waals surface area contributed by atoms with Crippen molar-refractivity contribution in [2.45, 2.75) is 44.3 Å². The highest BCUT2D eigenvalue weighted by molar-refractivity contribution is 6.06. The van der Waals surface area contributed by atoms with Crippen molar-refractivity contribution in [1.82, 2.24) is 19.9 Å². The van der Waals surface area contributed by atoms with Crippen LogP contribution in [-0.4, -0.2) is 32.6 Å². The smallest absolute Gasteiger partial charge is 0.254 e. The van der Waals surface area contributed by atoms with Gasteiger partial charge in [-0.05, 0) is 25.0 Å². The van der Waals surface area contributed by atoms with Gasteiger partial charge in [0.1, 0.15) is 17.5 Å². The zero-order valence-corrected chi connectivity index (χ0v) is 15.9. The highest BCUT2D eigenvalue weighted by Crippen LogP contribution is 2.35. The molecular formula is C21H21N7O. The molecule has 1 aliphatic carbocycles. The molecule has 5 rings (SSSR count). The van der Waals surface area contributed by atoms with Crippen LogP contribution in [0.5, 0.6) is 0 Å². The van der Waals surface area contributed by atoms with Crippen molar-refractivity contribution >= 4 is 17.2 Å². The van der Waals surface area contributed by atoms with Gasteiger partial charge in [0.15, 0.2) is 0 Å². The number of carbonyl (C=O) groups excluding carboxylic acids is 1. The minimum atomic E-state index is -0.213. The van der Waals surface area contributed by atoms with Gasteiger partial charge >= 0.3 is 0 Å². The highest BCUT2D eigenvalue weighted by atomic mass is 16.1. The predicted octanol–water partition coefficient (Wildman–Crippen LogP) is 2.19. The number of nitrogens with two attached hydrogens (primary N) is 1. The Hall–Kier alpha value is -3.44. The summed E-state index contributed by atoms with van der Waals surface area (Å²) in [7, 11) is 0. The number of carbonyl (C=O) groups is 1. The van der Waals surface area contributed by atoms with E-state index < -0.39 is 0 Å². The molecule has 1 fully saturated rings. The summed E-state index contributed by atoms with van der Waals surface area (Å²) in [5, 5.41) is 20.5. The molecule has 0 unspecified atom stereocenters. The van der Waals surface area contributed by atoms with Crippen molar-refractivity contribution in [3.8, 4) is 17.3 Å². The Balaban J connectivity index is 1.70. The Bertz CT molecular complexity index is 1160. The zero-order valence-electron chi connectivity index (χ0n) is 15.9. The predicted molar refractivity (Wildman–Crippen MR) is 108 cm³/mol. The molecule has 8 nitrogen and oxygen atoms in total. The molecule has 2 atom stereocenters. The number of hydrogen-bond donors (Lipinski definition) is 3. The van der Waals surface area contributed by atoms with Gasteiger partial charge < -0.3 is 16.4 Å². The van der Waals surface area contributed by atoms with Crippen molar-refractivity contribution in [3.63, 3.8) is 0 Å². The maximum absolute atomic E-state index is 12.6. The monoisotopic (exact) mass is 387 g/mol. The average Bonchev–Trinajstić information content (AvgIpc) is 3.33. The molecule has 2 aliphatic rings. The van der Waals surface area contributed by atoms with E-state index in [4.69, 9.17) is 10.7 Å². The van der Waals surface area contributed by atoms with Crippen LogP contribution in [-0.2, 0) is 6.54 Å². The fourth-order valence-electron chi connectivity index (χ4n) is 4.36. The van der Waals surface area contributed by atoms with E-state index in [2.05, 4.69) is 21.8 Å². The van der Waals surface area contributed by atoms with E-state index >= 15 is 0 Å². The van der Waals surface area contributed by atoms with Gasteiger partial charge in [-0.25, -0.2) is 9.50 Å². The van der Waals surface area contributed by atoms with Crippen LogP contribution in [0.15, 0.2) is 30.6 Å². The van der Waals surface area contributed by atoms with Crippen LogP contribution in [0.2, 0.25) is 0 Å². The van der Waals surface area contributed by atoms with Crippen LogP contribution in [0.3, 0.4) is 0 Å². The van der Waals surface area contributed by atoms with E-state index in [0.29, 0.717) is 34.7 Å². The van der Waals surface area contributed by atoms with Gasteiger partial charge in [-0.15, -0.1) is 0 Å². The van der Waals surface area contributed by atoms with Crippen molar-refractivity contribution in [1.29, 1.82) is 5.26 Å². The lowest BCUT2D eigenvalue weighted by atomic mass is 9.90. The van der Waals surface area contributed by atoms with E-state index in [0.717, 1.165) is 36.8 Å². The molecule has 0 bridgehead atoms. The third-order valence-electron chi connectivity index (χ3n) is 5.89. The van der Waals surface area contributed by atoms with Crippen LogP contribution in [0.4, 0.5) is 5.82 Å². The van der Waals surface area contributed by atoms with E-state index in [1.165, 1.54) is 0 Å². The van der Waals surface area contributed by atoms with Crippen LogP contribution in [0, 0.1) is 11.3 Å². The number of nitriles is 1. The lowest BCUT2D eigenvalue weighted by molar-refractivity contribution is 0.0966. The van der Waals surface area contributed by atoms with Gasteiger partial charge in [0, 0.05) is 36.0 Å². The number of nitrogens with one attached hydrogen (secondary N) is 2. The lowest BCUT2D eigenvalue weighted by Crippen LogP contribution is -2.43. The minimum absolute atomic E-state index is 0.0190. The summed E-state index contributed by atoms with van der Waals surface area (Å²) in [5.41, 5.74) is 10.0. The number of fused-ring (bicyclic) bond motifs is 2. The quantitative estimate of drug-likeness (QED) is 0.633. The average molecular weight is 387 g/mol. The molecule has 4 heterocycles. The molecule has 8 heteroatoms. The van der Waals surface area contributed by atoms with Crippen LogP contribution >= 0.6 is 0 Å². The molecular weight excluding hydrogens is 366 g/mol. The van der Waals surface area contributed by atoms with Gasteiger partial charge in [0.25, 0.3) is 5.91 Å². The van der Waals surface area contributed by atoms with Crippen molar-refractivity contribution in [2.75, 3.05) is 5.32 Å². The normalized spacial score (nSPS) is 20.9. The SMILES string of the molecule is N#Cc1c(N[C@@H]2CCCC[C@@H]2N)nc(-c2cnn3ccccc23)c2c1CNC2=O. The molecule has 0 saturated heterocycles. The highest BCUT2D eigenvalue weighted by Gasteiger charge is 2.32. The fraction of sp³-hybridized carbons (Fsp3) is 0.333. The molecule has 3 aromatic rings. The topological polar surface area (TPSA) is 121 Å². The summed E-state index contributed by atoms with van der Waals surface area (Å²) in [5.74, 6) is 0.283. The summed E-state index contributed by atoms with van der Waals surface area (Å²) in [6.07, 6.45) is 7.67. The zero-order chi connectivity index (χ0) is 20.0. The first-order chi connectivity index (χ1) is 14.2. The first-order valence-electron chi connectivity index (χ1n) is 9.87. The maximum Gasteiger partial charge on any atom is 0.254 e. The third kappa shape index (κ3) is 2.82. The summed E-state index contributed by atoms with van der Waals surface area (Å²) < 4.78 is 1.75. The Morgan fingerprint density at radius 2 is 2.17 bits per heavy atom. The summed E-state index contributed by atoms with van der Waals surface area (Å²) in [4.78, 5) is 17.4. The number of pyridine rings is 2. The molecule has 1 aliphatic heterocycles. The van der Waals surface area contributed by atoms with Crippen molar-refractivity contribution in [3.05, 3.63) is 47.3 Å². The number of aromatic nitrogens is 3. The molecule has 146 valence electrons. The molecule has 4 N–H and O–H groups in total. The molecule has 0 aromatic carbocycles. The third-order valence-corrected chi connectivity index (χ3v) is 5.89. The molecule has 3 aromatic heterocycles. The molecule has 1 amide bonds. The number of rotatable bonds is 3. The number of amides is 1. The first kappa shape index (κ1) is 17.6. The Labute approximate surface area is 167 Å². The Morgan fingerprint density at radius 3 is 3.00 bits per heavy atom. The van der Waals surface area contributed by atoms with Gasteiger partial charge in [-0.1, -0.05) is 18.9 Å². The largest absolute Gasteiger partial charge is 0.365 e. The summed E-state index contributed by atoms with van der Waals surface area (Å²) in [6, 6.07) is 8.08.